The summed E-state index contributed by atoms with van der Waals surface area (Å²) < 4.78 is 33.2. The Balaban J connectivity index is 2.33. The number of nitrogens with zero attached hydrogens (tertiary/aromatic N) is 2. The lowest BCUT2D eigenvalue weighted by atomic mass is 10.1. The van der Waals surface area contributed by atoms with Crippen LogP contribution in [0.25, 0.3) is 0 Å². The molecule has 0 fully saturated rings. The summed E-state index contributed by atoms with van der Waals surface area (Å²) in [5.41, 5.74) is 2.05. The van der Waals surface area contributed by atoms with E-state index in [0.717, 1.165) is 16.9 Å². The minimum absolute atomic E-state index is 0.233. The topological polar surface area (TPSA) is 53.8 Å². The molecule has 2 rings (SSSR count). The monoisotopic (exact) mass is 350 g/mol. The van der Waals surface area contributed by atoms with Gasteiger partial charge in [0.15, 0.2) is 0 Å². The number of likely N-dealkylation sites (N-methyl/N-ethyl adjacent to an activating group) is 1. The van der Waals surface area contributed by atoms with Crippen LogP contribution in [0.4, 0.5) is 0 Å². The first kappa shape index (κ1) is 18.7. The molecule has 0 bridgehead atoms. The Morgan fingerprint density at radius 1 is 0.958 bits per heavy atom. The first-order valence-corrected chi connectivity index (χ1v) is 9.41. The van der Waals surface area contributed by atoms with Crippen molar-refractivity contribution in [1.82, 2.24) is 9.21 Å². The Kier molecular flexibility index (Phi) is 5.85. The number of hydrogen-bond acceptors (Lipinski definition) is 4. The van der Waals surface area contributed by atoms with Gasteiger partial charge in [-0.05, 0) is 70.3 Å². The van der Waals surface area contributed by atoms with Crippen molar-refractivity contribution in [3.63, 3.8) is 0 Å². The minimum Gasteiger partial charge on any atom is -0.465 e. The predicted octanol–water partition coefficient (Wildman–Crippen LogP) is 2.96. The fourth-order valence-electron chi connectivity index (χ4n) is 2.36. The first-order chi connectivity index (χ1) is 11.2. The molecule has 24 heavy (non-hydrogen) atoms. The SMILES string of the molecule is Cc1ccc(CN(CCN(C)C)S(=O)(=O)c2ccc(C)c(C)c2)o1. The van der Waals surface area contributed by atoms with Gasteiger partial charge in [0.05, 0.1) is 11.4 Å². The smallest absolute Gasteiger partial charge is 0.243 e. The van der Waals surface area contributed by atoms with E-state index in [2.05, 4.69) is 0 Å². The van der Waals surface area contributed by atoms with Gasteiger partial charge in [-0.1, -0.05) is 6.07 Å². The van der Waals surface area contributed by atoms with E-state index in [1.54, 1.807) is 12.1 Å². The fourth-order valence-corrected chi connectivity index (χ4v) is 3.85. The molecular weight excluding hydrogens is 324 g/mol. The molecule has 1 aromatic carbocycles. The largest absolute Gasteiger partial charge is 0.465 e. The highest BCUT2D eigenvalue weighted by Crippen LogP contribution is 2.21. The summed E-state index contributed by atoms with van der Waals surface area (Å²) in [6.45, 7) is 7.03. The van der Waals surface area contributed by atoms with Crippen LogP contribution in [0.1, 0.15) is 22.6 Å². The minimum atomic E-state index is -3.58. The van der Waals surface area contributed by atoms with Gasteiger partial charge in [-0.25, -0.2) is 8.42 Å². The van der Waals surface area contributed by atoms with Gasteiger partial charge >= 0.3 is 0 Å². The Hall–Kier alpha value is -1.63. The Labute approximate surface area is 144 Å². The zero-order valence-electron chi connectivity index (χ0n) is 15.0. The molecule has 1 aromatic heterocycles. The van der Waals surface area contributed by atoms with E-state index in [9.17, 15) is 8.42 Å². The summed E-state index contributed by atoms with van der Waals surface area (Å²) in [6.07, 6.45) is 0. The Morgan fingerprint density at radius 3 is 2.21 bits per heavy atom. The van der Waals surface area contributed by atoms with Gasteiger partial charge in [0.25, 0.3) is 0 Å². The molecule has 0 aliphatic heterocycles. The highest BCUT2D eigenvalue weighted by molar-refractivity contribution is 7.89. The van der Waals surface area contributed by atoms with E-state index in [1.165, 1.54) is 4.31 Å². The van der Waals surface area contributed by atoms with Crippen molar-refractivity contribution in [3.05, 3.63) is 53.0 Å². The number of sulfonamides is 1. The lowest BCUT2D eigenvalue weighted by Crippen LogP contribution is -2.36. The molecule has 5 nitrogen and oxygen atoms in total. The molecule has 0 saturated heterocycles. The maximum Gasteiger partial charge on any atom is 0.243 e. The van der Waals surface area contributed by atoms with Gasteiger partial charge in [0.1, 0.15) is 11.5 Å². The molecule has 132 valence electrons. The molecule has 2 aromatic rings. The van der Waals surface area contributed by atoms with Crippen molar-refractivity contribution in [2.24, 2.45) is 0 Å². The first-order valence-electron chi connectivity index (χ1n) is 7.97. The third-order valence-electron chi connectivity index (χ3n) is 4.04. The third kappa shape index (κ3) is 4.47. The highest BCUT2D eigenvalue weighted by atomic mass is 32.2. The van der Waals surface area contributed by atoms with Gasteiger partial charge in [-0.3, -0.25) is 0 Å². The maximum atomic E-state index is 13.1. The zero-order valence-corrected chi connectivity index (χ0v) is 15.9. The van der Waals surface area contributed by atoms with E-state index in [0.29, 0.717) is 23.7 Å². The number of benzene rings is 1. The van der Waals surface area contributed by atoms with Crippen molar-refractivity contribution < 1.29 is 12.8 Å². The Bertz CT molecular complexity index is 794. The number of furan rings is 1. The fraction of sp³-hybridized carbons (Fsp3) is 0.444. The van der Waals surface area contributed by atoms with Gasteiger partial charge in [-0.15, -0.1) is 0 Å². The molecule has 0 atom stereocenters. The normalized spacial score (nSPS) is 12.3. The van der Waals surface area contributed by atoms with Crippen LogP contribution in [-0.2, 0) is 16.6 Å². The molecule has 0 radical (unpaired) electrons. The summed E-state index contributed by atoms with van der Waals surface area (Å²) in [6, 6.07) is 8.94. The van der Waals surface area contributed by atoms with Crippen LogP contribution in [0, 0.1) is 20.8 Å². The summed E-state index contributed by atoms with van der Waals surface area (Å²) >= 11 is 0. The lowest BCUT2D eigenvalue weighted by Gasteiger charge is -2.23. The molecule has 0 N–H and O–H groups in total. The van der Waals surface area contributed by atoms with Gasteiger partial charge in [-0.2, -0.15) is 4.31 Å². The number of aryl methyl sites for hydroxylation is 3. The summed E-state index contributed by atoms with van der Waals surface area (Å²) in [5.74, 6) is 1.43. The van der Waals surface area contributed by atoms with E-state index >= 15 is 0 Å². The number of hydrogen-bond donors (Lipinski definition) is 0. The lowest BCUT2D eigenvalue weighted by molar-refractivity contribution is 0.310. The van der Waals surface area contributed by atoms with Gasteiger partial charge in [0, 0.05) is 13.1 Å². The second-order valence-corrected chi connectivity index (χ2v) is 8.34. The number of rotatable bonds is 7. The van der Waals surface area contributed by atoms with Crippen molar-refractivity contribution in [2.45, 2.75) is 32.2 Å². The summed E-state index contributed by atoms with van der Waals surface area (Å²) in [5, 5.41) is 0. The molecule has 0 saturated carbocycles. The third-order valence-corrected chi connectivity index (χ3v) is 5.88. The molecular formula is C18H26N2O3S. The average Bonchev–Trinajstić information content (AvgIpc) is 2.91. The van der Waals surface area contributed by atoms with Crippen molar-refractivity contribution in [1.29, 1.82) is 0 Å². The van der Waals surface area contributed by atoms with Crippen molar-refractivity contribution in [2.75, 3.05) is 27.2 Å². The van der Waals surface area contributed by atoms with Crippen LogP contribution >= 0.6 is 0 Å². The van der Waals surface area contributed by atoms with Crippen molar-refractivity contribution >= 4 is 10.0 Å². The Morgan fingerprint density at radius 2 is 1.67 bits per heavy atom. The summed E-state index contributed by atoms with van der Waals surface area (Å²) in [4.78, 5) is 2.30. The van der Waals surface area contributed by atoms with Crippen LogP contribution in [0.2, 0.25) is 0 Å². The predicted molar refractivity (Wildman–Crippen MR) is 95.5 cm³/mol. The summed E-state index contributed by atoms with van der Waals surface area (Å²) in [7, 11) is 0.279. The average molecular weight is 350 g/mol. The highest BCUT2D eigenvalue weighted by Gasteiger charge is 2.26. The molecule has 0 aliphatic rings. The van der Waals surface area contributed by atoms with E-state index < -0.39 is 10.0 Å². The van der Waals surface area contributed by atoms with Crippen LogP contribution in [-0.4, -0.2) is 44.8 Å². The second kappa shape index (κ2) is 7.51. The molecule has 0 spiro atoms. The second-order valence-electron chi connectivity index (χ2n) is 6.40. The van der Waals surface area contributed by atoms with Gasteiger partial charge in [0.2, 0.25) is 10.0 Å². The van der Waals surface area contributed by atoms with Crippen LogP contribution < -0.4 is 0 Å². The van der Waals surface area contributed by atoms with Gasteiger partial charge < -0.3 is 9.32 Å². The molecule has 6 heteroatoms. The standard InChI is InChI=1S/C18H26N2O3S/c1-14-6-9-18(12-15(14)2)24(21,22)20(11-10-19(4)5)13-17-8-7-16(3)23-17/h6-9,12H,10-11,13H2,1-5H3. The quantitative estimate of drug-likeness (QED) is 0.770. The van der Waals surface area contributed by atoms with E-state index in [4.69, 9.17) is 4.42 Å². The van der Waals surface area contributed by atoms with Crippen molar-refractivity contribution in [3.8, 4) is 0 Å². The van der Waals surface area contributed by atoms with Crippen LogP contribution in [0.3, 0.4) is 0 Å². The zero-order chi connectivity index (χ0) is 17.9. The molecule has 0 unspecified atom stereocenters. The molecule has 1 heterocycles. The maximum absolute atomic E-state index is 13.1. The van der Waals surface area contributed by atoms with Crippen LogP contribution in [0.5, 0.6) is 0 Å². The van der Waals surface area contributed by atoms with Crippen LogP contribution in [0.15, 0.2) is 39.6 Å². The van der Waals surface area contributed by atoms with E-state index in [1.807, 2.05) is 58.0 Å². The molecule has 0 amide bonds. The molecule has 0 aliphatic carbocycles. The van der Waals surface area contributed by atoms with E-state index in [-0.39, 0.29) is 6.54 Å².